The van der Waals surface area contributed by atoms with E-state index in [1.807, 2.05) is 5.43 Å². The third-order valence-electron chi connectivity index (χ3n) is 2.44. The average molecular weight is 253 g/mol. The van der Waals surface area contributed by atoms with E-state index in [1.165, 1.54) is 6.07 Å². The second-order valence-electron chi connectivity index (χ2n) is 3.83. The van der Waals surface area contributed by atoms with E-state index in [9.17, 15) is 14.9 Å². The molecule has 1 aromatic carbocycles. The van der Waals surface area contributed by atoms with Crippen LogP contribution < -0.4 is 16.0 Å². The van der Waals surface area contributed by atoms with Gasteiger partial charge in [0, 0.05) is 5.56 Å². The molecule has 7 nitrogen and oxygen atoms in total. The Kier molecular flexibility index (Phi) is 4.61. The lowest BCUT2D eigenvalue weighted by Gasteiger charge is -2.09. The lowest BCUT2D eigenvalue weighted by molar-refractivity contribution is -0.385. The van der Waals surface area contributed by atoms with E-state index >= 15 is 0 Å². The number of hydrogen-bond acceptors (Lipinski definition) is 5. The van der Waals surface area contributed by atoms with Gasteiger partial charge in [0.15, 0.2) is 0 Å². The minimum Gasteiger partial charge on any atom is -0.493 e. The van der Waals surface area contributed by atoms with Crippen molar-refractivity contribution in [3.8, 4) is 5.75 Å². The molecule has 1 amide bonds. The lowest BCUT2D eigenvalue weighted by Crippen LogP contribution is -2.31. The Hall–Kier alpha value is -2.15. The highest BCUT2D eigenvalue weighted by molar-refractivity contribution is 5.75. The fourth-order valence-corrected chi connectivity index (χ4v) is 1.50. The van der Waals surface area contributed by atoms with Crippen molar-refractivity contribution in [2.45, 2.75) is 20.3 Å². The minimum absolute atomic E-state index is 0.00104. The second-order valence-corrected chi connectivity index (χ2v) is 3.83. The van der Waals surface area contributed by atoms with Gasteiger partial charge in [-0.05, 0) is 25.5 Å². The van der Waals surface area contributed by atoms with E-state index in [4.69, 9.17) is 10.6 Å². The Labute approximate surface area is 104 Å². The standard InChI is InChI=1S/C11H15N3O4/c1-7-5-8(2)10(6-9(7)14(16)17)18-4-3-11(15)13-12/h5-6H,3-4,12H2,1-2H3,(H,13,15). The fourth-order valence-electron chi connectivity index (χ4n) is 1.50. The summed E-state index contributed by atoms with van der Waals surface area (Å²) >= 11 is 0. The molecule has 18 heavy (non-hydrogen) atoms. The average Bonchev–Trinajstić information content (AvgIpc) is 2.31. The third kappa shape index (κ3) is 3.42. The number of nitrogens with zero attached hydrogens (tertiary/aromatic N) is 1. The number of carbonyl (C=O) groups is 1. The van der Waals surface area contributed by atoms with E-state index in [0.717, 1.165) is 5.56 Å². The summed E-state index contributed by atoms with van der Waals surface area (Å²) in [6, 6.07) is 3.04. The van der Waals surface area contributed by atoms with E-state index in [1.54, 1.807) is 19.9 Å². The predicted octanol–water partition coefficient (Wildman–Crippen LogP) is 0.970. The molecule has 0 saturated heterocycles. The van der Waals surface area contributed by atoms with Crippen LogP contribution in [0.1, 0.15) is 17.5 Å². The number of hydrazine groups is 1. The molecule has 7 heteroatoms. The van der Waals surface area contributed by atoms with Gasteiger partial charge in [-0.2, -0.15) is 0 Å². The number of amides is 1. The Morgan fingerprint density at radius 3 is 2.67 bits per heavy atom. The zero-order valence-electron chi connectivity index (χ0n) is 10.2. The van der Waals surface area contributed by atoms with Crippen LogP contribution in [-0.4, -0.2) is 17.4 Å². The molecule has 0 saturated carbocycles. The van der Waals surface area contributed by atoms with E-state index in [-0.39, 0.29) is 24.6 Å². The van der Waals surface area contributed by atoms with Crippen LogP contribution >= 0.6 is 0 Å². The van der Waals surface area contributed by atoms with Crippen LogP contribution in [0.25, 0.3) is 0 Å². The van der Waals surface area contributed by atoms with Gasteiger partial charge in [0.2, 0.25) is 5.91 Å². The molecule has 1 aromatic rings. The molecule has 98 valence electrons. The number of ether oxygens (including phenoxy) is 1. The normalized spacial score (nSPS) is 9.94. The molecule has 0 heterocycles. The fraction of sp³-hybridized carbons (Fsp3) is 0.364. The molecule has 0 aliphatic heterocycles. The van der Waals surface area contributed by atoms with Crippen molar-refractivity contribution in [3.05, 3.63) is 33.4 Å². The van der Waals surface area contributed by atoms with E-state index in [0.29, 0.717) is 11.3 Å². The third-order valence-corrected chi connectivity index (χ3v) is 2.44. The first-order valence-corrected chi connectivity index (χ1v) is 5.33. The number of nitrogens with two attached hydrogens (primary N) is 1. The molecule has 0 spiro atoms. The first kappa shape index (κ1) is 13.9. The van der Waals surface area contributed by atoms with Gasteiger partial charge in [-0.3, -0.25) is 20.3 Å². The van der Waals surface area contributed by atoms with Crippen LogP contribution in [0.15, 0.2) is 12.1 Å². The maximum Gasteiger partial charge on any atom is 0.276 e. The number of carbonyl (C=O) groups excluding carboxylic acids is 1. The molecule has 0 unspecified atom stereocenters. The summed E-state index contributed by atoms with van der Waals surface area (Å²) in [6.45, 7) is 3.57. The van der Waals surface area contributed by atoms with E-state index in [2.05, 4.69) is 0 Å². The Bertz CT molecular complexity index is 474. The SMILES string of the molecule is Cc1cc(C)c([N+](=O)[O-])cc1OCCC(=O)NN. The first-order chi connectivity index (χ1) is 8.45. The van der Waals surface area contributed by atoms with E-state index < -0.39 is 4.92 Å². The quantitative estimate of drug-likeness (QED) is 0.352. The summed E-state index contributed by atoms with van der Waals surface area (Å²) < 4.78 is 5.33. The van der Waals surface area contributed by atoms with Gasteiger partial charge < -0.3 is 4.74 Å². The van der Waals surface area contributed by atoms with Crippen molar-refractivity contribution < 1.29 is 14.5 Å². The largest absolute Gasteiger partial charge is 0.493 e. The summed E-state index contributed by atoms with van der Waals surface area (Å²) in [5.41, 5.74) is 3.33. The highest BCUT2D eigenvalue weighted by Crippen LogP contribution is 2.28. The maximum absolute atomic E-state index is 10.9. The van der Waals surface area contributed by atoms with Crippen molar-refractivity contribution >= 4 is 11.6 Å². The topological polar surface area (TPSA) is 107 Å². The van der Waals surface area contributed by atoms with Crippen LogP contribution in [0, 0.1) is 24.0 Å². The summed E-state index contributed by atoms with van der Waals surface area (Å²) in [5, 5.41) is 10.8. The molecule has 0 aliphatic rings. The summed E-state index contributed by atoms with van der Waals surface area (Å²) in [4.78, 5) is 21.2. The summed E-state index contributed by atoms with van der Waals surface area (Å²) in [5.74, 6) is 4.97. The monoisotopic (exact) mass is 253 g/mol. The summed E-state index contributed by atoms with van der Waals surface area (Å²) in [7, 11) is 0. The van der Waals surface area contributed by atoms with Crippen molar-refractivity contribution in [2.24, 2.45) is 5.84 Å². The molecule has 0 aromatic heterocycles. The Morgan fingerprint density at radius 1 is 1.44 bits per heavy atom. The molecule has 0 fully saturated rings. The number of rotatable bonds is 5. The zero-order chi connectivity index (χ0) is 13.7. The van der Waals surface area contributed by atoms with Crippen LogP contribution in [0.3, 0.4) is 0 Å². The minimum atomic E-state index is -0.464. The molecule has 3 N–H and O–H groups in total. The van der Waals surface area contributed by atoms with Crippen molar-refractivity contribution in [3.63, 3.8) is 0 Å². The summed E-state index contributed by atoms with van der Waals surface area (Å²) in [6.07, 6.45) is 0.0949. The molecular weight excluding hydrogens is 238 g/mol. The lowest BCUT2D eigenvalue weighted by atomic mass is 10.1. The van der Waals surface area contributed by atoms with Crippen LogP contribution in [0.4, 0.5) is 5.69 Å². The number of aryl methyl sites for hydroxylation is 2. The second kappa shape index (κ2) is 5.97. The van der Waals surface area contributed by atoms with Gasteiger partial charge in [-0.1, -0.05) is 0 Å². The molecule has 0 atom stereocenters. The van der Waals surface area contributed by atoms with Gasteiger partial charge in [0.1, 0.15) is 5.75 Å². The maximum atomic E-state index is 10.9. The van der Waals surface area contributed by atoms with Gasteiger partial charge in [0.05, 0.1) is 24.0 Å². The zero-order valence-corrected chi connectivity index (χ0v) is 10.2. The molecule has 1 rings (SSSR count). The predicted molar refractivity (Wildman–Crippen MR) is 65.0 cm³/mol. The van der Waals surface area contributed by atoms with Gasteiger partial charge in [-0.25, -0.2) is 5.84 Å². The van der Waals surface area contributed by atoms with Crippen molar-refractivity contribution in [1.29, 1.82) is 0 Å². The van der Waals surface area contributed by atoms with Crippen LogP contribution in [0.2, 0.25) is 0 Å². The van der Waals surface area contributed by atoms with Crippen molar-refractivity contribution in [1.82, 2.24) is 5.43 Å². The van der Waals surface area contributed by atoms with Crippen LogP contribution in [0.5, 0.6) is 5.75 Å². The molecular formula is C11H15N3O4. The number of nitro groups is 1. The highest BCUT2D eigenvalue weighted by atomic mass is 16.6. The number of nitrogens with one attached hydrogen (secondary N) is 1. The van der Waals surface area contributed by atoms with Gasteiger partial charge in [-0.15, -0.1) is 0 Å². The molecule has 0 radical (unpaired) electrons. The Balaban J connectivity index is 2.79. The number of nitro benzene ring substituents is 1. The van der Waals surface area contributed by atoms with Crippen LogP contribution in [-0.2, 0) is 4.79 Å². The van der Waals surface area contributed by atoms with Crippen molar-refractivity contribution in [2.75, 3.05) is 6.61 Å². The molecule has 0 bridgehead atoms. The van der Waals surface area contributed by atoms with Gasteiger partial charge in [0.25, 0.3) is 5.69 Å². The first-order valence-electron chi connectivity index (χ1n) is 5.33. The Morgan fingerprint density at radius 2 is 2.11 bits per heavy atom. The smallest absolute Gasteiger partial charge is 0.276 e. The highest BCUT2D eigenvalue weighted by Gasteiger charge is 2.14. The number of benzene rings is 1. The van der Waals surface area contributed by atoms with Gasteiger partial charge >= 0.3 is 0 Å². The molecule has 0 aliphatic carbocycles. The number of hydrogen-bond donors (Lipinski definition) is 2.